The topological polar surface area (TPSA) is 78.6 Å². The lowest BCUT2D eigenvalue weighted by Crippen LogP contribution is -2.34. The summed E-state index contributed by atoms with van der Waals surface area (Å²) in [5.41, 5.74) is 6.72. The van der Waals surface area contributed by atoms with Crippen molar-refractivity contribution in [2.45, 2.75) is 12.5 Å². The minimum absolute atomic E-state index is 0.234. The fraction of sp³-hybridized carbons (Fsp3) is 0.333. The molecule has 0 radical (unpaired) electrons. The first kappa shape index (κ1) is 13.2. The van der Waals surface area contributed by atoms with Crippen molar-refractivity contribution in [2.24, 2.45) is 5.73 Å². The van der Waals surface area contributed by atoms with E-state index in [9.17, 15) is 9.59 Å². The van der Waals surface area contributed by atoms with Gasteiger partial charge in [-0.1, -0.05) is 18.2 Å². The maximum Gasteiger partial charge on any atom is 0.338 e. The maximum absolute atomic E-state index is 11.5. The van der Waals surface area contributed by atoms with Gasteiger partial charge in [-0.25, -0.2) is 4.79 Å². The van der Waals surface area contributed by atoms with Crippen molar-refractivity contribution in [1.29, 1.82) is 0 Å². The van der Waals surface area contributed by atoms with Gasteiger partial charge in [0.15, 0.2) is 0 Å². The summed E-state index contributed by atoms with van der Waals surface area (Å²) in [6.45, 7) is 0. The van der Waals surface area contributed by atoms with Crippen LogP contribution >= 0.6 is 0 Å². The first-order chi connectivity index (χ1) is 8.10. The number of methoxy groups -OCH3 is 2. The molecule has 0 fully saturated rings. The van der Waals surface area contributed by atoms with Crippen LogP contribution in [0.4, 0.5) is 0 Å². The quantitative estimate of drug-likeness (QED) is 0.772. The summed E-state index contributed by atoms with van der Waals surface area (Å²) >= 11 is 0. The molecule has 5 nitrogen and oxygen atoms in total. The number of nitrogens with two attached hydrogens (primary N) is 1. The molecule has 0 spiro atoms. The van der Waals surface area contributed by atoms with Crippen molar-refractivity contribution in [2.75, 3.05) is 14.2 Å². The van der Waals surface area contributed by atoms with Crippen LogP contribution in [0, 0.1) is 0 Å². The SMILES string of the molecule is COC(=O)c1ccccc1C[C@H](N)C(=O)OC. The van der Waals surface area contributed by atoms with Crippen LogP contribution in [0.3, 0.4) is 0 Å². The first-order valence-corrected chi connectivity index (χ1v) is 5.09. The highest BCUT2D eigenvalue weighted by atomic mass is 16.5. The number of carbonyl (C=O) groups excluding carboxylic acids is 2. The van der Waals surface area contributed by atoms with Crippen LogP contribution in [-0.2, 0) is 20.7 Å². The van der Waals surface area contributed by atoms with Crippen LogP contribution in [0.25, 0.3) is 0 Å². The minimum Gasteiger partial charge on any atom is -0.468 e. The second-order valence-corrected chi connectivity index (χ2v) is 3.48. The Morgan fingerprint density at radius 1 is 1.24 bits per heavy atom. The molecule has 1 atom stereocenters. The van der Waals surface area contributed by atoms with Crippen molar-refractivity contribution in [3.05, 3.63) is 35.4 Å². The minimum atomic E-state index is -0.786. The predicted octanol–water partition coefficient (Wildman–Crippen LogP) is 0.516. The van der Waals surface area contributed by atoms with E-state index in [0.29, 0.717) is 11.1 Å². The van der Waals surface area contributed by atoms with E-state index in [2.05, 4.69) is 9.47 Å². The second kappa shape index (κ2) is 6.00. The van der Waals surface area contributed by atoms with Gasteiger partial charge in [0.25, 0.3) is 0 Å². The van der Waals surface area contributed by atoms with E-state index in [1.807, 2.05) is 0 Å². The van der Waals surface area contributed by atoms with Crippen LogP contribution in [0.1, 0.15) is 15.9 Å². The monoisotopic (exact) mass is 237 g/mol. The third-order valence-corrected chi connectivity index (χ3v) is 2.37. The van der Waals surface area contributed by atoms with Crippen molar-refractivity contribution < 1.29 is 19.1 Å². The molecular weight excluding hydrogens is 222 g/mol. The van der Waals surface area contributed by atoms with Gasteiger partial charge < -0.3 is 15.2 Å². The zero-order valence-electron chi connectivity index (χ0n) is 9.80. The zero-order valence-corrected chi connectivity index (χ0v) is 9.80. The molecule has 0 aliphatic heterocycles. The fourth-order valence-corrected chi connectivity index (χ4v) is 1.48. The van der Waals surface area contributed by atoms with Gasteiger partial charge in [0.05, 0.1) is 19.8 Å². The van der Waals surface area contributed by atoms with E-state index in [1.54, 1.807) is 24.3 Å². The van der Waals surface area contributed by atoms with E-state index in [1.165, 1.54) is 14.2 Å². The van der Waals surface area contributed by atoms with Crippen molar-refractivity contribution >= 4 is 11.9 Å². The third kappa shape index (κ3) is 3.29. The Morgan fingerprint density at radius 2 is 1.88 bits per heavy atom. The highest BCUT2D eigenvalue weighted by Gasteiger charge is 2.18. The highest BCUT2D eigenvalue weighted by molar-refractivity contribution is 5.91. The molecule has 0 bridgehead atoms. The molecule has 5 heteroatoms. The van der Waals surface area contributed by atoms with Gasteiger partial charge in [-0.05, 0) is 18.1 Å². The molecule has 92 valence electrons. The average molecular weight is 237 g/mol. The van der Waals surface area contributed by atoms with Gasteiger partial charge >= 0.3 is 11.9 Å². The van der Waals surface area contributed by atoms with Crippen LogP contribution < -0.4 is 5.73 Å². The molecule has 0 unspecified atom stereocenters. The molecule has 1 rings (SSSR count). The van der Waals surface area contributed by atoms with E-state index < -0.39 is 18.0 Å². The highest BCUT2D eigenvalue weighted by Crippen LogP contribution is 2.12. The maximum atomic E-state index is 11.5. The Hall–Kier alpha value is -1.88. The Bertz CT molecular complexity index is 417. The summed E-state index contributed by atoms with van der Waals surface area (Å²) in [5, 5.41) is 0. The second-order valence-electron chi connectivity index (χ2n) is 3.48. The van der Waals surface area contributed by atoms with E-state index in [-0.39, 0.29) is 6.42 Å². The van der Waals surface area contributed by atoms with Gasteiger partial charge in [0, 0.05) is 0 Å². The van der Waals surface area contributed by atoms with E-state index in [4.69, 9.17) is 5.73 Å². The molecule has 0 saturated heterocycles. The fourth-order valence-electron chi connectivity index (χ4n) is 1.48. The summed E-state index contributed by atoms with van der Waals surface area (Å²) in [4.78, 5) is 22.7. The smallest absolute Gasteiger partial charge is 0.338 e. The van der Waals surface area contributed by atoms with Crippen LogP contribution in [0.5, 0.6) is 0 Å². The lowest BCUT2D eigenvalue weighted by molar-refractivity contribution is -0.142. The van der Waals surface area contributed by atoms with Crippen LogP contribution in [0.15, 0.2) is 24.3 Å². The van der Waals surface area contributed by atoms with Crippen LogP contribution in [0.2, 0.25) is 0 Å². The number of carbonyl (C=O) groups is 2. The Balaban J connectivity index is 2.91. The first-order valence-electron chi connectivity index (χ1n) is 5.09. The molecule has 2 N–H and O–H groups in total. The van der Waals surface area contributed by atoms with Gasteiger partial charge in [-0.15, -0.1) is 0 Å². The molecule has 0 aliphatic rings. The largest absolute Gasteiger partial charge is 0.468 e. The van der Waals surface area contributed by atoms with Gasteiger partial charge in [-0.3, -0.25) is 4.79 Å². The molecule has 17 heavy (non-hydrogen) atoms. The number of rotatable bonds is 4. The molecule has 0 saturated carbocycles. The molecule has 0 heterocycles. The molecule has 0 amide bonds. The standard InChI is InChI=1S/C12H15NO4/c1-16-11(14)9-6-4-3-5-8(9)7-10(13)12(15)17-2/h3-6,10H,7,13H2,1-2H3/t10-/m0/s1. The molecular formula is C12H15NO4. The average Bonchev–Trinajstić information content (AvgIpc) is 2.37. The van der Waals surface area contributed by atoms with E-state index >= 15 is 0 Å². The number of hydrogen-bond donors (Lipinski definition) is 1. The molecule has 0 aromatic heterocycles. The van der Waals surface area contributed by atoms with Crippen LogP contribution in [-0.4, -0.2) is 32.2 Å². The number of esters is 2. The summed E-state index contributed by atoms with van der Waals surface area (Å²) < 4.78 is 9.18. The summed E-state index contributed by atoms with van der Waals surface area (Å²) in [7, 11) is 2.58. The van der Waals surface area contributed by atoms with Crippen molar-refractivity contribution in [1.82, 2.24) is 0 Å². The predicted molar refractivity (Wildman–Crippen MR) is 61.5 cm³/mol. The Kier molecular flexibility index (Phi) is 4.66. The van der Waals surface area contributed by atoms with E-state index in [0.717, 1.165) is 0 Å². The Morgan fingerprint density at radius 3 is 2.47 bits per heavy atom. The van der Waals surface area contributed by atoms with Crippen molar-refractivity contribution in [3.63, 3.8) is 0 Å². The molecule has 1 aromatic rings. The molecule has 0 aliphatic carbocycles. The number of ether oxygens (including phenoxy) is 2. The normalized spacial score (nSPS) is 11.7. The van der Waals surface area contributed by atoms with Gasteiger partial charge in [-0.2, -0.15) is 0 Å². The molecule has 1 aromatic carbocycles. The lowest BCUT2D eigenvalue weighted by Gasteiger charge is -2.11. The number of hydrogen-bond acceptors (Lipinski definition) is 5. The van der Waals surface area contributed by atoms with Gasteiger partial charge in [0.2, 0.25) is 0 Å². The zero-order chi connectivity index (χ0) is 12.8. The van der Waals surface area contributed by atoms with Gasteiger partial charge in [0.1, 0.15) is 6.04 Å². The van der Waals surface area contributed by atoms with Crippen molar-refractivity contribution in [3.8, 4) is 0 Å². The Labute approximate surface area is 99.5 Å². The third-order valence-electron chi connectivity index (χ3n) is 2.37. The lowest BCUT2D eigenvalue weighted by atomic mass is 10.0. The summed E-state index contributed by atoms with van der Waals surface area (Å²) in [6.07, 6.45) is 0.234. The summed E-state index contributed by atoms with van der Waals surface area (Å²) in [6, 6.07) is 6.07. The summed E-state index contributed by atoms with van der Waals surface area (Å²) in [5.74, 6) is -0.956. The number of benzene rings is 1.